The maximum absolute atomic E-state index is 5.64. The number of ether oxygens (including phenoxy) is 2. The highest BCUT2D eigenvalue weighted by Gasteiger charge is 2.01. The molecule has 0 saturated carbocycles. The van der Waals surface area contributed by atoms with E-state index in [4.69, 9.17) is 9.47 Å². The van der Waals surface area contributed by atoms with Gasteiger partial charge in [0.05, 0.1) is 19.9 Å². The van der Waals surface area contributed by atoms with Gasteiger partial charge in [-0.25, -0.2) is 0 Å². The van der Waals surface area contributed by atoms with E-state index in [1.807, 2.05) is 54.6 Å². The van der Waals surface area contributed by atoms with Crippen LogP contribution in [0.1, 0.15) is 0 Å². The van der Waals surface area contributed by atoms with Gasteiger partial charge >= 0.3 is 0 Å². The van der Waals surface area contributed by atoms with Crippen molar-refractivity contribution < 1.29 is 9.47 Å². The van der Waals surface area contributed by atoms with Crippen molar-refractivity contribution in [2.24, 2.45) is 0 Å². The van der Waals surface area contributed by atoms with Crippen LogP contribution >= 0.6 is 0 Å². The summed E-state index contributed by atoms with van der Waals surface area (Å²) in [5, 5.41) is 14.2. The van der Waals surface area contributed by atoms with Crippen LogP contribution in [0.3, 0.4) is 0 Å². The van der Waals surface area contributed by atoms with Crippen LogP contribution in [-0.4, -0.2) is 35.4 Å². The number of hydrogen-bond donors (Lipinski definition) is 2. The third-order valence-corrected chi connectivity index (χ3v) is 3.32. The Labute approximate surface area is 146 Å². The van der Waals surface area contributed by atoms with Gasteiger partial charge in [0.2, 0.25) is 5.95 Å². The van der Waals surface area contributed by atoms with Crippen molar-refractivity contribution in [3.63, 3.8) is 0 Å². The molecular weight excluding hydrogens is 318 g/mol. The van der Waals surface area contributed by atoms with E-state index in [0.29, 0.717) is 24.9 Å². The lowest BCUT2D eigenvalue weighted by atomic mass is 10.3. The fourth-order valence-electron chi connectivity index (χ4n) is 2.11. The molecule has 3 rings (SSSR count). The van der Waals surface area contributed by atoms with E-state index in [0.717, 1.165) is 17.2 Å². The van der Waals surface area contributed by atoms with Gasteiger partial charge in [-0.1, -0.05) is 18.2 Å². The molecule has 7 nitrogen and oxygen atoms in total. The molecule has 1 heterocycles. The summed E-state index contributed by atoms with van der Waals surface area (Å²) in [4.78, 5) is 4.37. The van der Waals surface area contributed by atoms with Gasteiger partial charge in [0.15, 0.2) is 5.82 Å². The molecule has 0 saturated heterocycles. The van der Waals surface area contributed by atoms with E-state index < -0.39 is 0 Å². The standard InChI is InChI=1S/C18H19N5O2/c1-24-15-7-9-16(10-8-15)25-12-11-19-18-22-17(13-20-23-18)21-14-5-3-2-4-6-14/h2-10,13H,11-12H2,1H3,(H2,19,21,22,23). The van der Waals surface area contributed by atoms with Gasteiger partial charge in [-0.3, -0.25) is 0 Å². The first-order valence-corrected chi connectivity index (χ1v) is 7.86. The van der Waals surface area contributed by atoms with Crippen LogP contribution < -0.4 is 20.1 Å². The molecule has 0 radical (unpaired) electrons. The summed E-state index contributed by atoms with van der Waals surface area (Å²) in [7, 11) is 1.63. The van der Waals surface area contributed by atoms with Crippen LogP contribution in [0.2, 0.25) is 0 Å². The fraction of sp³-hybridized carbons (Fsp3) is 0.167. The van der Waals surface area contributed by atoms with Gasteiger partial charge in [0.25, 0.3) is 0 Å². The van der Waals surface area contributed by atoms with Crippen LogP contribution in [0, 0.1) is 0 Å². The average Bonchev–Trinajstić information content (AvgIpc) is 2.67. The highest BCUT2D eigenvalue weighted by molar-refractivity contribution is 5.55. The van der Waals surface area contributed by atoms with E-state index in [-0.39, 0.29) is 0 Å². The molecule has 2 N–H and O–H groups in total. The Morgan fingerprint density at radius 3 is 2.48 bits per heavy atom. The molecule has 0 aliphatic heterocycles. The molecule has 25 heavy (non-hydrogen) atoms. The van der Waals surface area contributed by atoms with E-state index in [1.54, 1.807) is 13.3 Å². The Bertz CT molecular complexity index is 781. The van der Waals surface area contributed by atoms with Gasteiger partial charge in [-0.05, 0) is 36.4 Å². The molecule has 7 heteroatoms. The summed E-state index contributed by atoms with van der Waals surface area (Å²) in [5.74, 6) is 2.65. The minimum atomic E-state index is 0.444. The first-order chi connectivity index (χ1) is 12.3. The number of nitrogens with zero attached hydrogens (tertiary/aromatic N) is 3. The number of rotatable bonds is 8. The third-order valence-electron chi connectivity index (χ3n) is 3.32. The van der Waals surface area contributed by atoms with Crippen LogP contribution in [0.15, 0.2) is 60.8 Å². The zero-order valence-corrected chi connectivity index (χ0v) is 13.8. The number of aromatic nitrogens is 3. The van der Waals surface area contributed by atoms with Crippen molar-refractivity contribution in [2.75, 3.05) is 30.9 Å². The van der Waals surface area contributed by atoms with Gasteiger partial charge in [0.1, 0.15) is 18.1 Å². The SMILES string of the molecule is COc1ccc(OCCNc2nncc(Nc3ccccc3)n2)cc1. The van der Waals surface area contributed by atoms with Gasteiger partial charge in [-0.15, -0.1) is 5.10 Å². The third kappa shape index (κ3) is 5.07. The second-order valence-corrected chi connectivity index (χ2v) is 5.11. The molecule has 2 aromatic carbocycles. The summed E-state index contributed by atoms with van der Waals surface area (Å²) in [6.45, 7) is 1.04. The number of benzene rings is 2. The van der Waals surface area contributed by atoms with Gasteiger partial charge < -0.3 is 20.1 Å². The van der Waals surface area contributed by atoms with Crippen LogP contribution in [0.25, 0.3) is 0 Å². The first-order valence-electron chi connectivity index (χ1n) is 7.86. The Morgan fingerprint density at radius 1 is 0.960 bits per heavy atom. The number of anilines is 3. The molecule has 0 fully saturated rings. The summed E-state index contributed by atoms with van der Waals surface area (Å²) in [6.07, 6.45) is 1.58. The number of methoxy groups -OCH3 is 1. The minimum Gasteiger partial charge on any atom is -0.497 e. The largest absolute Gasteiger partial charge is 0.497 e. The lowest BCUT2D eigenvalue weighted by Gasteiger charge is -2.09. The fourth-order valence-corrected chi connectivity index (χ4v) is 2.11. The number of hydrogen-bond acceptors (Lipinski definition) is 7. The number of para-hydroxylation sites is 1. The van der Waals surface area contributed by atoms with E-state index in [2.05, 4.69) is 25.8 Å². The van der Waals surface area contributed by atoms with E-state index in [1.165, 1.54) is 0 Å². The predicted molar refractivity (Wildman–Crippen MR) is 96.5 cm³/mol. The summed E-state index contributed by atoms with van der Waals surface area (Å²) >= 11 is 0. The van der Waals surface area contributed by atoms with Gasteiger partial charge in [-0.2, -0.15) is 10.1 Å². The normalized spacial score (nSPS) is 10.1. The molecule has 3 aromatic rings. The lowest BCUT2D eigenvalue weighted by molar-refractivity contribution is 0.331. The molecule has 0 atom stereocenters. The Morgan fingerprint density at radius 2 is 1.72 bits per heavy atom. The summed E-state index contributed by atoms with van der Waals surface area (Å²) in [6, 6.07) is 17.2. The van der Waals surface area contributed by atoms with Crippen LogP contribution in [-0.2, 0) is 0 Å². The summed E-state index contributed by atoms with van der Waals surface area (Å²) < 4.78 is 10.8. The summed E-state index contributed by atoms with van der Waals surface area (Å²) in [5.41, 5.74) is 0.941. The molecule has 0 amide bonds. The zero-order valence-electron chi connectivity index (χ0n) is 13.8. The van der Waals surface area contributed by atoms with Crippen molar-refractivity contribution in [3.8, 4) is 11.5 Å². The van der Waals surface area contributed by atoms with Crippen molar-refractivity contribution in [1.82, 2.24) is 15.2 Å². The topological polar surface area (TPSA) is 81.2 Å². The monoisotopic (exact) mass is 337 g/mol. The van der Waals surface area contributed by atoms with E-state index >= 15 is 0 Å². The maximum atomic E-state index is 5.64. The van der Waals surface area contributed by atoms with Crippen LogP contribution in [0.4, 0.5) is 17.5 Å². The zero-order chi connectivity index (χ0) is 17.3. The first kappa shape index (κ1) is 16.5. The number of nitrogens with one attached hydrogen (secondary N) is 2. The van der Waals surface area contributed by atoms with E-state index in [9.17, 15) is 0 Å². The molecular formula is C18H19N5O2. The molecule has 0 aliphatic carbocycles. The quantitative estimate of drug-likeness (QED) is 0.611. The molecule has 0 unspecified atom stereocenters. The van der Waals surface area contributed by atoms with Crippen molar-refractivity contribution >= 4 is 17.5 Å². The highest BCUT2D eigenvalue weighted by atomic mass is 16.5. The van der Waals surface area contributed by atoms with Crippen molar-refractivity contribution in [3.05, 3.63) is 60.8 Å². The minimum absolute atomic E-state index is 0.444. The Hall–Kier alpha value is -3.35. The molecule has 0 bridgehead atoms. The second kappa shape index (κ2) is 8.49. The molecule has 128 valence electrons. The van der Waals surface area contributed by atoms with Crippen LogP contribution in [0.5, 0.6) is 11.5 Å². The van der Waals surface area contributed by atoms with Crippen molar-refractivity contribution in [2.45, 2.75) is 0 Å². The Balaban J connectivity index is 1.47. The second-order valence-electron chi connectivity index (χ2n) is 5.11. The smallest absolute Gasteiger partial charge is 0.244 e. The lowest BCUT2D eigenvalue weighted by Crippen LogP contribution is -2.14. The Kier molecular flexibility index (Phi) is 5.60. The average molecular weight is 337 g/mol. The molecule has 1 aromatic heterocycles. The predicted octanol–water partition coefficient (Wildman–Crippen LogP) is 3.11. The molecule has 0 aliphatic rings. The van der Waals surface area contributed by atoms with Gasteiger partial charge in [0, 0.05) is 5.69 Å². The van der Waals surface area contributed by atoms with Crippen molar-refractivity contribution in [1.29, 1.82) is 0 Å². The maximum Gasteiger partial charge on any atom is 0.244 e. The highest BCUT2D eigenvalue weighted by Crippen LogP contribution is 2.17. The molecule has 0 spiro atoms.